The van der Waals surface area contributed by atoms with Crippen LogP contribution >= 0.6 is 0 Å². The number of likely N-dealkylation sites (tertiary alicyclic amines) is 1. The van der Waals surface area contributed by atoms with Crippen LogP contribution in [0.25, 0.3) is 0 Å². The molecule has 1 amide bonds. The SMILES string of the molecule is CCc1cnc(CC)c(N[C@@H]2CN(C(=O)OCc3ccccc3)C[C@@H]2OCCF)n1. The molecule has 2 atom stereocenters. The van der Waals surface area contributed by atoms with E-state index in [-0.39, 0.29) is 25.4 Å². The van der Waals surface area contributed by atoms with Crippen molar-refractivity contribution in [3.8, 4) is 0 Å². The first-order chi connectivity index (χ1) is 14.6. The number of ether oxygens (including phenoxy) is 2. The Hall–Kier alpha value is -2.74. The number of hydrogen-bond acceptors (Lipinski definition) is 6. The minimum absolute atomic E-state index is 0.0168. The van der Waals surface area contributed by atoms with Crippen LogP contribution in [-0.4, -0.2) is 59.5 Å². The molecule has 1 saturated heterocycles. The van der Waals surface area contributed by atoms with Crippen molar-refractivity contribution in [2.75, 3.05) is 31.7 Å². The molecule has 8 heteroatoms. The van der Waals surface area contributed by atoms with Crippen LogP contribution < -0.4 is 5.32 Å². The molecule has 7 nitrogen and oxygen atoms in total. The number of nitrogens with zero attached hydrogens (tertiary/aromatic N) is 3. The summed E-state index contributed by atoms with van der Waals surface area (Å²) in [6, 6.07) is 9.29. The molecule has 1 aliphatic rings. The van der Waals surface area contributed by atoms with Gasteiger partial charge >= 0.3 is 6.09 Å². The molecule has 0 unspecified atom stereocenters. The molecule has 1 N–H and O–H groups in total. The average molecular weight is 416 g/mol. The number of aromatic nitrogens is 2. The molecule has 1 aliphatic heterocycles. The zero-order valence-corrected chi connectivity index (χ0v) is 17.5. The number of halogens is 1. The number of carbonyl (C=O) groups excluding carboxylic acids is 1. The van der Waals surface area contributed by atoms with Crippen LogP contribution in [-0.2, 0) is 28.9 Å². The summed E-state index contributed by atoms with van der Waals surface area (Å²) in [5.74, 6) is 0.690. The third-order valence-corrected chi connectivity index (χ3v) is 5.06. The van der Waals surface area contributed by atoms with Gasteiger partial charge in [0.15, 0.2) is 0 Å². The smallest absolute Gasteiger partial charge is 0.410 e. The van der Waals surface area contributed by atoms with E-state index in [2.05, 4.69) is 15.3 Å². The van der Waals surface area contributed by atoms with E-state index in [1.165, 1.54) is 0 Å². The fourth-order valence-electron chi connectivity index (χ4n) is 3.41. The van der Waals surface area contributed by atoms with Crippen molar-refractivity contribution in [2.24, 2.45) is 0 Å². The molecule has 3 rings (SSSR count). The number of alkyl halides is 1. The predicted octanol–water partition coefficient (Wildman–Crippen LogP) is 3.39. The second-order valence-corrected chi connectivity index (χ2v) is 7.16. The highest BCUT2D eigenvalue weighted by Crippen LogP contribution is 2.21. The zero-order chi connectivity index (χ0) is 21.3. The standard InChI is InChI=1S/C22H29FN4O3/c1-3-17-12-24-18(4-2)21(25-17)26-19-13-27(14-20(19)29-11-10-23)22(28)30-15-16-8-6-5-7-9-16/h5-9,12,19-20H,3-4,10-11,13-15H2,1-2H3,(H,25,26)/t19-,20+/m1/s1. The van der Waals surface area contributed by atoms with Crippen LogP contribution in [0.4, 0.5) is 15.0 Å². The Bertz CT molecular complexity index is 821. The van der Waals surface area contributed by atoms with E-state index >= 15 is 0 Å². The first kappa shape index (κ1) is 22.0. The van der Waals surface area contributed by atoms with Gasteiger partial charge in [-0.1, -0.05) is 44.2 Å². The quantitative estimate of drug-likeness (QED) is 0.675. The molecule has 1 aromatic carbocycles. The number of aryl methyl sites for hydroxylation is 2. The van der Waals surface area contributed by atoms with Crippen LogP contribution in [0.5, 0.6) is 0 Å². The molecule has 0 aliphatic carbocycles. The summed E-state index contributed by atoms with van der Waals surface area (Å²) in [5.41, 5.74) is 2.65. The van der Waals surface area contributed by atoms with Gasteiger partial charge in [0.05, 0.1) is 36.7 Å². The molecule has 162 valence electrons. The van der Waals surface area contributed by atoms with Crippen LogP contribution in [0, 0.1) is 0 Å². The molecular formula is C22H29FN4O3. The lowest BCUT2D eigenvalue weighted by molar-refractivity contribution is 0.0424. The minimum Gasteiger partial charge on any atom is -0.445 e. The molecule has 0 spiro atoms. The van der Waals surface area contributed by atoms with Gasteiger partial charge in [-0.05, 0) is 18.4 Å². The maximum Gasteiger partial charge on any atom is 0.410 e. The number of rotatable bonds is 9. The first-order valence-corrected chi connectivity index (χ1v) is 10.4. The van der Waals surface area contributed by atoms with Crippen molar-refractivity contribution in [1.29, 1.82) is 0 Å². The van der Waals surface area contributed by atoms with E-state index in [0.717, 1.165) is 29.8 Å². The normalized spacial score (nSPS) is 18.4. The fraction of sp³-hybridized carbons (Fsp3) is 0.500. The lowest BCUT2D eigenvalue weighted by atomic mass is 10.2. The molecular weight excluding hydrogens is 387 g/mol. The second kappa shape index (κ2) is 10.9. The van der Waals surface area contributed by atoms with Gasteiger partial charge < -0.3 is 19.7 Å². The summed E-state index contributed by atoms with van der Waals surface area (Å²) in [7, 11) is 0. The van der Waals surface area contributed by atoms with Gasteiger partial charge in [-0.2, -0.15) is 0 Å². The summed E-state index contributed by atoms with van der Waals surface area (Å²) < 4.78 is 23.8. The molecule has 1 aromatic heterocycles. The van der Waals surface area contributed by atoms with Gasteiger partial charge in [-0.3, -0.25) is 4.98 Å². The van der Waals surface area contributed by atoms with Gasteiger partial charge in [-0.15, -0.1) is 0 Å². The van der Waals surface area contributed by atoms with Gasteiger partial charge in [0.1, 0.15) is 19.1 Å². The highest BCUT2D eigenvalue weighted by atomic mass is 19.1. The highest BCUT2D eigenvalue weighted by molar-refractivity contribution is 5.68. The van der Waals surface area contributed by atoms with Gasteiger partial charge in [0.2, 0.25) is 0 Å². The molecule has 30 heavy (non-hydrogen) atoms. The Morgan fingerprint density at radius 1 is 1.23 bits per heavy atom. The van der Waals surface area contributed by atoms with E-state index in [1.807, 2.05) is 44.2 Å². The van der Waals surface area contributed by atoms with Crippen molar-refractivity contribution in [1.82, 2.24) is 14.9 Å². The van der Waals surface area contributed by atoms with Gasteiger partial charge in [0.25, 0.3) is 0 Å². The molecule has 0 saturated carbocycles. The van der Waals surface area contributed by atoms with Crippen LogP contribution in [0.2, 0.25) is 0 Å². The monoisotopic (exact) mass is 416 g/mol. The van der Waals surface area contributed by atoms with Gasteiger partial charge in [-0.25, -0.2) is 14.2 Å². The van der Waals surface area contributed by atoms with Crippen LogP contribution in [0.1, 0.15) is 30.8 Å². The Kier molecular flexibility index (Phi) is 7.96. The average Bonchev–Trinajstić information content (AvgIpc) is 3.19. The summed E-state index contributed by atoms with van der Waals surface area (Å²) in [6.45, 7) is 4.35. The molecule has 2 aromatic rings. The van der Waals surface area contributed by atoms with E-state index in [9.17, 15) is 9.18 Å². The van der Waals surface area contributed by atoms with Crippen molar-refractivity contribution in [3.63, 3.8) is 0 Å². The topological polar surface area (TPSA) is 76.6 Å². The van der Waals surface area contributed by atoms with Crippen LogP contribution in [0.15, 0.2) is 36.5 Å². The van der Waals surface area contributed by atoms with Crippen molar-refractivity contribution in [3.05, 3.63) is 53.5 Å². The van der Waals surface area contributed by atoms with E-state index in [1.54, 1.807) is 11.1 Å². The number of amides is 1. The number of hydrogen-bond donors (Lipinski definition) is 1. The molecule has 0 bridgehead atoms. The summed E-state index contributed by atoms with van der Waals surface area (Å²) >= 11 is 0. The Balaban J connectivity index is 1.67. The van der Waals surface area contributed by atoms with E-state index in [0.29, 0.717) is 18.9 Å². The van der Waals surface area contributed by atoms with E-state index in [4.69, 9.17) is 9.47 Å². The maximum atomic E-state index is 12.7. The Morgan fingerprint density at radius 2 is 2.03 bits per heavy atom. The maximum absolute atomic E-state index is 12.7. The third-order valence-electron chi connectivity index (χ3n) is 5.06. The molecule has 0 radical (unpaired) electrons. The largest absolute Gasteiger partial charge is 0.445 e. The predicted molar refractivity (Wildman–Crippen MR) is 112 cm³/mol. The van der Waals surface area contributed by atoms with Crippen molar-refractivity contribution >= 4 is 11.9 Å². The zero-order valence-electron chi connectivity index (χ0n) is 17.5. The minimum atomic E-state index is -0.576. The highest BCUT2D eigenvalue weighted by Gasteiger charge is 2.37. The first-order valence-electron chi connectivity index (χ1n) is 10.4. The molecule has 2 heterocycles. The molecule has 1 fully saturated rings. The Morgan fingerprint density at radius 3 is 2.73 bits per heavy atom. The summed E-state index contributed by atoms with van der Waals surface area (Å²) in [5, 5.41) is 3.38. The summed E-state index contributed by atoms with van der Waals surface area (Å²) in [4.78, 5) is 23.3. The number of benzene rings is 1. The number of anilines is 1. The Labute approximate surface area is 176 Å². The van der Waals surface area contributed by atoms with E-state index < -0.39 is 12.8 Å². The number of nitrogens with one attached hydrogen (secondary N) is 1. The fourth-order valence-corrected chi connectivity index (χ4v) is 3.41. The summed E-state index contributed by atoms with van der Waals surface area (Å²) in [6.07, 6.45) is 2.51. The second-order valence-electron chi connectivity index (χ2n) is 7.16. The van der Waals surface area contributed by atoms with Gasteiger partial charge in [0, 0.05) is 12.7 Å². The lowest BCUT2D eigenvalue weighted by Gasteiger charge is -2.21. The van der Waals surface area contributed by atoms with Crippen LogP contribution in [0.3, 0.4) is 0 Å². The number of carbonyl (C=O) groups is 1. The lowest BCUT2D eigenvalue weighted by Crippen LogP contribution is -2.35. The van der Waals surface area contributed by atoms with Crippen molar-refractivity contribution < 1.29 is 18.7 Å². The van der Waals surface area contributed by atoms with Crippen molar-refractivity contribution in [2.45, 2.75) is 45.4 Å². The third kappa shape index (κ3) is 5.66.